The molecule has 0 aliphatic carbocycles. The van der Waals surface area contributed by atoms with Crippen LogP contribution < -0.4 is 15.4 Å². The highest BCUT2D eigenvalue weighted by atomic mass is 19.1. The Kier molecular flexibility index (Phi) is 12.7. The number of nitrogens with zero attached hydrogens (tertiary/aromatic N) is 5. The molecule has 2 aromatic carbocycles. The number of benzene rings is 2. The van der Waals surface area contributed by atoms with Crippen molar-refractivity contribution in [2.45, 2.75) is 51.8 Å². The summed E-state index contributed by atoms with van der Waals surface area (Å²) in [6.45, 7) is 10.3. The van der Waals surface area contributed by atoms with Crippen LogP contribution in [0.5, 0.6) is 5.75 Å². The summed E-state index contributed by atoms with van der Waals surface area (Å²) in [6.07, 6.45) is -0.731. The summed E-state index contributed by atoms with van der Waals surface area (Å²) in [5, 5.41) is 0. The smallest absolute Gasteiger partial charge is 0.240 e. The quantitative estimate of drug-likeness (QED) is 0.230. The number of carbonyl (C=O) groups is 1. The van der Waals surface area contributed by atoms with Gasteiger partial charge in [0.15, 0.2) is 17.9 Å². The van der Waals surface area contributed by atoms with Gasteiger partial charge in [-0.1, -0.05) is 36.4 Å². The second-order valence-electron chi connectivity index (χ2n) is 12.4. The van der Waals surface area contributed by atoms with Crippen molar-refractivity contribution in [3.8, 4) is 5.75 Å². The molecule has 0 spiro atoms. The lowest BCUT2D eigenvalue weighted by molar-refractivity contribution is -0.160. The molecule has 12 heteroatoms. The first-order valence-electron chi connectivity index (χ1n) is 16.8. The van der Waals surface area contributed by atoms with Crippen LogP contribution in [0.3, 0.4) is 0 Å². The molecule has 0 bridgehead atoms. The standard InChI is InChI=1S/C36H48F2N6O4/c1-4-46-34(47-5-2)24-44(21-28-12-14-31(37)35(40-28)43-22-29(23-43)42-17-15-41(3)16-18-42)36(45)33(39)19-27-11-13-30(20-32(27)38)48-25-26-9-7-6-8-10-26/h6-14,20,29,33-34H,4-5,15-19,21-25,39H2,1-3H3/t33-/m0/s1. The molecule has 2 aliphatic rings. The maximum atomic E-state index is 15.2. The third kappa shape index (κ3) is 9.48. The van der Waals surface area contributed by atoms with Crippen LogP contribution in [0.2, 0.25) is 0 Å². The molecule has 0 saturated carbocycles. The fourth-order valence-corrected chi connectivity index (χ4v) is 6.04. The molecular weight excluding hydrogens is 618 g/mol. The average Bonchev–Trinajstić information content (AvgIpc) is 3.06. The van der Waals surface area contributed by atoms with Crippen molar-refractivity contribution < 1.29 is 27.8 Å². The lowest BCUT2D eigenvalue weighted by atomic mass is 10.0. The molecule has 0 radical (unpaired) electrons. The first-order chi connectivity index (χ1) is 23.2. The number of aromatic nitrogens is 1. The molecule has 0 unspecified atom stereocenters. The van der Waals surface area contributed by atoms with Gasteiger partial charge in [0.25, 0.3) is 0 Å². The minimum Gasteiger partial charge on any atom is -0.489 e. The van der Waals surface area contributed by atoms with E-state index in [9.17, 15) is 4.79 Å². The zero-order valence-electron chi connectivity index (χ0n) is 28.2. The molecule has 3 aromatic rings. The van der Waals surface area contributed by atoms with Crippen molar-refractivity contribution in [1.82, 2.24) is 19.7 Å². The number of halogens is 2. The Balaban J connectivity index is 1.25. The SMILES string of the molecule is CCOC(CN(Cc1ccc(F)c(N2CC(N3CCN(C)CC3)C2)n1)C(=O)[C@@H](N)Cc1ccc(OCc2ccccc2)cc1F)OCC. The van der Waals surface area contributed by atoms with Gasteiger partial charge in [0, 0.05) is 64.6 Å². The fraction of sp³-hybridized carbons (Fsp3) is 0.500. The largest absolute Gasteiger partial charge is 0.489 e. The van der Waals surface area contributed by atoms with Gasteiger partial charge in [0.1, 0.15) is 18.2 Å². The minimum atomic E-state index is -1.06. The van der Waals surface area contributed by atoms with Crippen LogP contribution in [0.1, 0.15) is 30.7 Å². The molecule has 2 N–H and O–H groups in total. The van der Waals surface area contributed by atoms with Crippen molar-refractivity contribution in [2.75, 3.05) is 71.0 Å². The first-order valence-corrected chi connectivity index (χ1v) is 16.8. The Morgan fingerprint density at radius 1 is 0.979 bits per heavy atom. The summed E-state index contributed by atoms with van der Waals surface area (Å²) in [5.41, 5.74) is 8.20. The topological polar surface area (TPSA) is 96.6 Å². The highest BCUT2D eigenvalue weighted by Crippen LogP contribution is 2.26. The van der Waals surface area contributed by atoms with Crippen molar-refractivity contribution in [3.05, 3.63) is 89.1 Å². The van der Waals surface area contributed by atoms with E-state index in [-0.39, 0.29) is 25.3 Å². The predicted octanol–water partition coefficient (Wildman–Crippen LogP) is 3.67. The van der Waals surface area contributed by atoms with E-state index in [4.69, 9.17) is 19.9 Å². The van der Waals surface area contributed by atoms with E-state index in [1.54, 1.807) is 18.2 Å². The van der Waals surface area contributed by atoms with Crippen molar-refractivity contribution in [2.24, 2.45) is 5.73 Å². The summed E-state index contributed by atoms with van der Waals surface area (Å²) < 4.78 is 47.4. The van der Waals surface area contributed by atoms with E-state index >= 15 is 8.78 Å². The summed E-state index contributed by atoms with van der Waals surface area (Å²) in [6, 6.07) is 16.5. The lowest BCUT2D eigenvalue weighted by Gasteiger charge is -2.48. The second-order valence-corrected chi connectivity index (χ2v) is 12.4. The van der Waals surface area contributed by atoms with Gasteiger partial charge in [-0.25, -0.2) is 13.8 Å². The monoisotopic (exact) mass is 666 g/mol. The van der Waals surface area contributed by atoms with Gasteiger partial charge in [-0.05, 0) is 56.6 Å². The number of hydrogen-bond acceptors (Lipinski definition) is 9. The first kappa shape index (κ1) is 35.6. The van der Waals surface area contributed by atoms with Gasteiger partial charge in [-0.15, -0.1) is 0 Å². The van der Waals surface area contributed by atoms with Crippen LogP contribution in [0.4, 0.5) is 14.6 Å². The normalized spacial score (nSPS) is 16.6. The number of pyridine rings is 1. The molecule has 1 atom stereocenters. The number of piperazine rings is 1. The van der Waals surface area contributed by atoms with E-state index in [1.165, 1.54) is 17.0 Å². The molecule has 260 valence electrons. The summed E-state index contributed by atoms with van der Waals surface area (Å²) in [5.74, 6) is -0.676. The number of hydrogen-bond donors (Lipinski definition) is 1. The van der Waals surface area contributed by atoms with Crippen LogP contribution in [-0.2, 0) is 33.8 Å². The number of rotatable bonds is 16. The Hall–Kier alpha value is -3.68. The maximum Gasteiger partial charge on any atom is 0.240 e. The van der Waals surface area contributed by atoms with Gasteiger partial charge in [0.2, 0.25) is 5.91 Å². The van der Waals surface area contributed by atoms with Crippen molar-refractivity contribution >= 4 is 11.7 Å². The molecular formula is C36H48F2N6O4. The Bertz CT molecular complexity index is 1460. The maximum absolute atomic E-state index is 15.2. The summed E-state index contributed by atoms with van der Waals surface area (Å²) in [4.78, 5) is 26.7. The Labute approximate surface area is 282 Å². The van der Waals surface area contributed by atoms with Gasteiger partial charge >= 0.3 is 0 Å². The molecule has 1 amide bonds. The summed E-state index contributed by atoms with van der Waals surface area (Å²) >= 11 is 0. The number of nitrogens with two attached hydrogens (primary N) is 1. The van der Waals surface area contributed by atoms with E-state index < -0.39 is 29.9 Å². The highest BCUT2D eigenvalue weighted by Gasteiger charge is 2.35. The van der Waals surface area contributed by atoms with Crippen LogP contribution in [0.15, 0.2) is 60.7 Å². The number of ether oxygens (including phenoxy) is 3. The van der Waals surface area contributed by atoms with E-state index in [0.717, 1.165) is 31.7 Å². The van der Waals surface area contributed by atoms with Gasteiger partial charge in [-0.2, -0.15) is 0 Å². The van der Waals surface area contributed by atoms with Gasteiger partial charge in [0.05, 0.1) is 24.8 Å². The molecule has 2 fully saturated rings. The molecule has 3 heterocycles. The van der Waals surface area contributed by atoms with E-state index in [2.05, 4.69) is 21.8 Å². The Morgan fingerprint density at radius 3 is 2.35 bits per heavy atom. The van der Waals surface area contributed by atoms with Gasteiger partial charge < -0.3 is 34.6 Å². The van der Waals surface area contributed by atoms with Crippen LogP contribution in [0.25, 0.3) is 0 Å². The van der Waals surface area contributed by atoms with Crippen LogP contribution >= 0.6 is 0 Å². The van der Waals surface area contributed by atoms with E-state index in [1.807, 2.05) is 49.1 Å². The zero-order valence-corrected chi connectivity index (χ0v) is 28.2. The molecule has 48 heavy (non-hydrogen) atoms. The van der Waals surface area contributed by atoms with Gasteiger partial charge in [-0.3, -0.25) is 9.69 Å². The van der Waals surface area contributed by atoms with E-state index in [0.29, 0.717) is 56.0 Å². The number of carbonyl (C=O) groups excluding carboxylic acids is 1. The highest BCUT2D eigenvalue weighted by molar-refractivity contribution is 5.82. The fourth-order valence-electron chi connectivity index (χ4n) is 6.04. The summed E-state index contributed by atoms with van der Waals surface area (Å²) in [7, 11) is 2.13. The van der Waals surface area contributed by atoms with Crippen LogP contribution in [-0.4, -0.2) is 110 Å². The number of likely N-dealkylation sites (N-methyl/N-ethyl adjacent to an activating group) is 1. The van der Waals surface area contributed by atoms with Crippen molar-refractivity contribution in [3.63, 3.8) is 0 Å². The minimum absolute atomic E-state index is 0.0301. The molecule has 1 aromatic heterocycles. The lowest BCUT2D eigenvalue weighted by Crippen LogP contribution is -2.63. The number of anilines is 1. The third-order valence-electron chi connectivity index (χ3n) is 8.87. The molecule has 5 rings (SSSR count). The third-order valence-corrected chi connectivity index (χ3v) is 8.87. The Morgan fingerprint density at radius 2 is 1.69 bits per heavy atom. The zero-order chi connectivity index (χ0) is 34.0. The molecule has 2 aliphatic heterocycles. The molecule has 2 saturated heterocycles. The van der Waals surface area contributed by atoms with Crippen LogP contribution in [0, 0.1) is 11.6 Å². The number of amides is 1. The second kappa shape index (κ2) is 17.1. The van der Waals surface area contributed by atoms with Crippen molar-refractivity contribution in [1.29, 1.82) is 0 Å². The average molecular weight is 667 g/mol. The predicted molar refractivity (Wildman–Crippen MR) is 181 cm³/mol. The molecule has 10 nitrogen and oxygen atoms in total.